The van der Waals surface area contributed by atoms with E-state index < -0.39 is 15.6 Å². The Hall–Kier alpha value is -0.960. The molecule has 2 saturated heterocycles. The van der Waals surface area contributed by atoms with Crippen LogP contribution in [0.5, 0.6) is 0 Å². The van der Waals surface area contributed by atoms with Crippen molar-refractivity contribution in [3.8, 4) is 0 Å². The second-order valence-electron chi connectivity index (χ2n) is 7.27. The van der Waals surface area contributed by atoms with Gasteiger partial charge in [-0.3, -0.25) is 4.79 Å². The van der Waals surface area contributed by atoms with Crippen molar-refractivity contribution >= 4 is 31.9 Å². The number of halogens is 1. The van der Waals surface area contributed by atoms with E-state index in [0.29, 0.717) is 39.1 Å². The first kappa shape index (κ1) is 20.8. The molecule has 0 radical (unpaired) electrons. The Labute approximate surface area is 169 Å². The molecule has 2 fully saturated rings. The largest absolute Gasteiger partial charge is 0.381 e. The fourth-order valence-corrected chi connectivity index (χ4v) is 5.44. The van der Waals surface area contributed by atoms with Crippen LogP contribution in [0.25, 0.3) is 0 Å². The second kappa shape index (κ2) is 8.59. The quantitative estimate of drug-likeness (QED) is 0.735. The molecule has 3 rings (SSSR count). The van der Waals surface area contributed by atoms with Gasteiger partial charge in [0.1, 0.15) is 0 Å². The minimum atomic E-state index is -3.18. The smallest absolute Gasteiger partial charge is 0.223 e. The van der Waals surface area contributed by atoms with Crippen LogP contribution in [0, 0.1) is 5.92 Å². The summed E-state index contributed by atoms with van der Waals surface area (Å²) in [4.78, 5) is 13.0. The topological polar surface area (TPSA) is 75.7 Å². The summed E-state index contributed by atoms with van der Waals surface area (Å²) in [5, 5.41) is 3.31. The van der Waals surface area contributed by atoms with Gasteiger partial charge in [0, 0.05) is 36.7 Å². The van der Waals surface area contributed by atoms with Crippen LogP contribution in [0.15, 0.2) is 28.7 Å². The van der Waals surface area contributed by atoms with Gasteiger partial charge in [-0.1, -0.05) is 28.1 Å². The normalized spacial score (nSPS) is 21.7. The zero-order chi connectivity index (χ0) is 19.5. The van der Waals surface area contributed by atoms with Crippen LogP contribution in [0.4, 0.5) is 0 Å². The number of hydrogen-bond acceptors (Lipinski definition) is 4. The molecule has 1 aromatic carbocycles. The third-order valence-corrected chi connectivity index (χ3v) is 8.04. The van der Waals surface area contributed by atoms with Gasteiger partial charge in [-0.2, -0.15) is 0 Å². The average molecular weight is 459 g/mol. The number of carbonyl (C=O) groups excluding carboxylic acids is 1. The summed E-state index contributed by atoms with van der Waals surface area (Å²) >= 11 is 3.52. The summed E-state index contributed by atoms with van der Waals surface area (Å²) in [6.07, 6.45) is 2.60. The van der Waals surface area contributed by atoms with Gasteiger partial charge in [-0.05, 0) is 50.3 Å². The van der Waals surface area contributed by atoms with E-state index >= 15 is 0 Å². The Morgan fingerprint density at radius 1 is 1.30 bits per heavy atom. The van der Waals surface area contributed by atoms with Gasteiger partial charge < -0.3 is 10.1 Å². The van der Waals surface area contributed by atoms with Gasteiger partial charge in [-0.25, -0.2) is 12.7 Å². The van der Waals surface area contributed by atoms with Crippen LogP contribution >= 0.6 is 15.9 Å². The molecule has 0 atom stereocenters. The molecular formula is C19H27BrN2O4S. The van der Waals surface area contributed by atoms with Crippen LogP contribution in [-0.2, 0) is 25.1 Å². The molecule has 2 heterocycles. The number of nitrogens with one attached hydrogen (secondary N) is 1. The second-order valence-corrected chi connectivity index (χ2v) is 10.4. The SMILES string of the molecule is CCS(=O)(=O)N1CCC(C(=O)NC2(c3cccc(Br)c3)CCOCC2)CC1. The molecule has 0 aliphatic carbocycles. The number of hydrogen-bond donors (Lipinski definition) is 1. The van der Waals surface area contributed by atoms with E-state index in [1.807, 2.05) is 18.2 Å². The van der Waals surface area contributed by atoms with Crippen LogP contribution in [0.2, 0.25) is 0 Å². The third-order valence-electron chi connectivity index (χ3n) is 5.67. The van der Waals surface area contributed by atoms with Crippen molar-refractivity contribution in [1.29, 1.82) is 0 Å². The summed E-state index contributed by atoms with van der Waals surface area (Å²) < 4.78 is 32.1. The minimum absolute atomic E-state index is 0.0189. The minimum Gasteiger partial charge on any atom is -0.381 e. The average Bonchev–Trinajstić information content (AvgIpc) is 2.69. The van der Waals surface area contributed by atoms with Crippen molar-refractivity contribution in [3.63, 3.8) is 0 Å². The van der Waals surface area contributed by atoms with Crippen molar-refractivity contribution in [2.24, 2.45) is 5.92 Å². The van der Waals surface area contributed by atoms with Crippen LogP contribution in [0.1, 0.15) is 38.2 Å². The molecule has 2 aliphatic rings. The molecule has 6 nitrogen and oxygen atoms in total. The lowest BCUT2D eigenvalue weighted by Gasteiger charge is -2.40. The molecular weight excluding hydrogens is 432 g/mol. The molecule has 0 spiro atoms. The highest BCUT2D eigenvalue weighted by atomic mass is 79.9. The Bertz CT molecular complexity index is 770. The highest BCUT2D eigenvalue weighted by Gasteiger charge is 2.39. The van der Waals surface area contributed by atoms with E-state index in [1.54, 1.807) is 6.92 Å². The number of piperidine rings is 1. The Morgan fingerprint density at radius 2 is 1.96 bits per heavy atom. The van der Waals surface area contributed by atoms with Gasteiger partial charge in [0.05, 0.1) is 11.3 Å². The fraction of sp³-hybridized carbons (Fsp3) is 0.632. The molecule has 0 unspecified atom stereocenters. The summed E-state index contributed by atoms with van der Waals surface area (Å²) in [5.74, 6) is -0.0267. The fourth-order valence-electron chi connectivity index (χ4n) is 3.91. The third kappa shape index (κ3) is 4.72. The summed E-state index contributed by atoms with van der Waals surface area (Å²) in [6.45, 7) is 3.71. The molecule has 2 aliphatic heterocycles. The molecule has 0 bridgehead atoms. The van der Waals surface area contributed by atoms with E-state index in [4.69, 9.17) is 4.74 Å². The number of nitrogens with zero attached hydrogens (tertiary/aromatic N) is 1. The lowest BCUT2D eigenvalue weighted by Crippen LogP contribution is -2.52. The maximum atomic E-state index is 13.0. The van der Waals surface area contributed by atoms with E-state index in [-0.39, 0.29) is 17.6 Å². The van der Waals surface area contributed by atoms with Gasteiger partial charge >= 0.3 is 0 Å². The summed E-state index contributed by atoms with van der Waals surface area (Å²) in [5.41, 5.74) is 0.658. The highest BCUT2D eigenvalue weighted by molar-refractivity contribution is 9.10. The van der Waals surface area contributed by atoms with Crippen molar-refractivity contribution in [3.05, 3.63) is 34.3 Å². The number of carbonyl (C=O) groups is 1. The Morgan fingerprint density at radius 3 is 2.56 bits per heavy atom. The van der Waals surface area contributed by atoms with E-state index in [9.17, 15) is 13.2 Å². The van der Waals surface area contributed by atoms with E-state index in [0.717, 1.165) is 22.9 Å². The van der Waals surface area contributed by atoms with Crippen LogP contribution in [-0.4, -0.2) is 50.7 Å². The maximum absolute atomic E-state index is 13.0. The van der Waals surface area contributed by atoms with Gasteiger partial charge in [-0.15, -0.1) is 0 Å². The predicted molar refractivity (Wildman–Crippen MR) is 108 cm³/mol. The molecule has 150 valence electrons. The number of benzene rings is 1. The monoisotopic (exact) mass is 458 g/mol. The Balaban J connectivity index is 1.71. The maximum Gasteiger partial charge on any atom is 0.223 e. The zero-order valence-electron chi connectivity index (χ0n) is 15.6. The number of amides is 1. The summed E-state index contributed by atoms with van der Waals surface area (Å²) in [6, 6.07) is 8.06. The lowest BCUT2D eigenvalue weighted by atomic mass is 9.81. The van der Waals surface area contributed by atoms with Crippen LogP contribution < -0.4 is 5.32 Å². The molecule has 1 amide bonds. The predicted octanol–water partition coefficient (Wildman–Crippen LogP) is 2.63. The van der Waals surface area contributed by atoms with Crippen molar-refractivity contribution < 1.29 is 17.9 Å². The van der Waals surface area contributed by atoms with Crippen molar-refractivity contribution in [1.82, 2.24) is 9.62 Å². The first-order chi connectivity index (χ1) is 12.9. The molecule has 0 aromatic heterocycles. The molecule has 8 heteroatoms. The Kier molecular flexibility index (Phi) is 6.61. The van der Waals surface area contributed by atoms with Crippen molar-refractivity contribution in [2.45, 2.75) is 38.1 Å². The zero-order valence-corrected chi connectivity index (χ0v) is 18.0. The molecule has 27 heavy (non-hydrogen) atoms. The lowest BCUT2D eigenvalue weighted by molar-refractivity contribution is -0.129. The number of rotatable bonds is 5. The first-order valence-electron chi connectivity index (χ1n) is 9.50. The standard InChI is InChI=1S/C19H27BrN2O4S/c1-2-27(24,25)22-10-6-15(7-11-22)18(23)21-19(8-12-26-13-9-19)16-4-3-5-17(20)14-16/h3-5,14-15H,2,6-13H2,1H3,(H,21,23). The number of ether oxygens (including phenoxy) is 1. The van der Waals surface area contributed by atoms with Crippen LogP contribution in [0.3, 0.4) is 0 Å². The molecule has 0 saturated carbocycles. The summed E-state index contributed by atoms with van der Waals surface area (Å²) in [7, 11) is -3.18. The van der Waals surface area contributed by atoms with E-state index in [2.05, 4.69) is 27.3 Å². The van der Waals surface area contributed by atoms with Gasteiger partial charge in [0.25, 0.3) is 0 Å². The van der Waals surface area contributed by atoms with Gasteiger partial charge in [0.15, 0.2) is 0 Å². The van der Waals surface area contributed by atoms with Crippen molar-refractivity contribution in [2.75, 3.05) is 32.1 Å². The van der Waals surface area contributed by atoms with Gasteiger partial charge in [0.2, 0.25) is 15.9 Å². The molecule has 1 N–H and O–H groups in total. The molecule has 1 aromatic rings. The first-order valence-corrected chi connectivity index (χ1v) is 11.9. The number of sulfonamides is 1. The van der Waals surface area contributed by atoms with E-state index in [1.165, 1.54) is 4.31 Å². The highest BCUT2D eigenvalue weighted by Crippen LogP contribution is 2.34.